The molecule has 0 aromatic carbocycles. The van der Waals surface area contributed by atoms with Crippen LogP contribution in [0.3, 0.4) is 0 Å². The third kappa shape index (κ3) is 1.80. The van der Waals surface area contributed by atoms with Gasteiger partial charge in [0.05, 0.1) is 0 Å². The fourth-order valence-corrected chi connectivity index (χ4v) is 1.26. The van der Waals surface area contributed by atoms with Crippen LogP contribution in [0.1, 0.15) is 18.7 Å². The zero-order chi connectivity index (χ0) is 11.7. The molecule has 0 amide bonds. The molecule has 0 N–H and O–H groups in total. The minimum absolute atomic E-state index is 0.105. The largest absolute Gasteiger partial charge is 0.330 e. The number of hydrogen-bond donors (Lipinski definition) is 0. The summed E-state index contributed by atoms with van der Waals surface area (Å²) in [7, 11) is 2.72. The van der Waals surface area contributed by atoms with E-state index in [9.17, 15) is 19.7 Å². The molecule has 1 aromatic heterocycles. The van der Waals surface area contributed by atoms with E-state index < -0.39 is 22.2 Å². The predicted molar refractivity (Wildman–Crippen MR) is 52.3 cm³/mol. The standard InChI is InChI=1S/C8H11N3O4/c1-5(11(14)15)6-4-7(12)10(3)8(13)9(6)2/h4-5H,1-3H3. The molecule has 0 spiro atoms. The van der Waals surface area contributed by atoms with Gasteiger partial charge in [-0.2, -0.15) is 0 Å². The van der Waals surface area contributed by atoms with Crippen molar-refractivity contribution in [2.24, 2.45) is 14.1 Å². The highest BCUT2D eigenvalue weighted by atomic mass is 16.6. The van der Waals surface area contributed by atoms with Gasteiger partial charge in [-0.25, -0.2) is 4.79 Å². The van der Waals surface area contributed by atoms with Crippen LogP contribution < -0.4 is 11.2 Å². The van der Waals surface area contributed by atoms with Crippen molar-refractivity contribution in [3.63, 3.8) is 0 Å². The minimum atomic E-state index is -1.07. The molecule has 15 heavy (non-hydrogen) atoms. The second-order valence-corrected chi connectivity index (χ2v) is 3.27. The smallest absolute Gasteiger partial charge is 0.294 e. The van der Waals surface area contributed by atoms with Gasteiger partial charge in [-0.15, -0.1) is 0 Å². The Labute approximate surface area is 84.7 Å². The highest BCUT2D eigenvalue weighted by Gasteiger charge is 2.20. The maximum absolute atomic E-state index is 11.4. The van der Waals surface area contributed by atoms with E-state index in [1.807, 2.05) is 0 Å². The van der Waals surface area contributed by atoms with Crippen molar-refractivity contribution in [1.82, 2.24) is 9.13 Å². The number of aromatic nitrogens is 2. The summed E-state index contributed by atoms with van der Waals surface area (Å²) in [5.41, 5.74) is -0.999. The molecule has 1 aromatic rings. The summed E-state index contributed by atoms with van der Waals surface area (Å²) in [5.74, 6) is 0. The first-order valence-electron chi connectivity index (χ1n) is 4.26. The summed E-state index contributed by atoms with van der Waals surface area (Å²) in [6, 6.07) is 0.0334. The molecule has 0 saturated carbocycles. The van der Waals surface area contributed by atoms with Gasteiger partial charge in [0.15, 0.2) is 0 Å². The Kier molecular flexibility index (Phi) is 2.74. The lowest BCUT2D eigenvalue weighted by molar-refractivity contribution is -0.525. The maximum Gasteiger partial charge on any atom is 0.330 e. The fraction of sp³-hybridized carbons (Fsp3) is 0.500. The van der Waals surface area contributed by atoms with Crippen LogP contribution in [0.2, 0.25) is 0 Å². The van der Waals surface area contributed by atoms with Crippen LogP contribution >= 0.6 is 0 Å². The zero-order valence-corrected chi connectivity index (χ0v) is 8.63. The van der Waals surface area contributed by atoms with Gasteiger partial charge < -0.3 is 0 Å². The van der Waals surface area contributed by atoms with Crippen LogP contribution in [-0.4, -0.2) is 14.1 Å². The third-order valence-corrected chi connectivity index (χ3v) is 2.31. The van der Waals surface area contributed by atoms with Gasteiger partial charge >= 0.3 is 5.69 Å². The Hall–Kier alpha value is -1.92. The zero-order valence-electron chi connectivity index (χ0n) is 8.63. The summed E-state index contributed by atoms with van der Waals surface area (Å²) in [4.78, 5) is 32.7. The monoisotopic (exact) mass is 213 g/mol. The normalized spacial score (nSPS) is 12.5. The van der Waals surface area contributed by atoms with Crippen molar-refractivity contribution >= 4 is 0 Å². The van der Waals surface area contributed by atoms with Crippen LogP contribution in [0.5, 0.6) is 0 Å². The van der Waals surface area contributed by atoms with Gasteiger partial charge in [0, 0.05) is 32.0 Å². The van der Waals surface area contributed by atoms with Gasteiger partial charge in [-0.05, 0) is 0 Å². The summed E-state index contributed by atoms with van der Waals surface area (Å²) >= 11 is 0. The van der Waals surface area contributed by atoms with Gasteiger partial charge in [-0.3, -0.25) is 24.0 Å². The molecule has 1 atom stereocenters. The fourth-order valence-electron chi connectivity index (χ4n) is 1.26. The van der Waals surface area contributed by atoms with Gasteiger partial charge in [0.1, 0.15) is 5.69 Å². The highest BCUT2D eigenvalue weighted by Crippen LogP contribution is 2.10. The third-order valence-electron chi connectivity index (χ3n) is 2.31. The quantitative estimate of drug-likeness (QED) is 0.485. The molecule has 1 unspecified atom stereocenters. The van der Waals surface area contributed by atoms with Gasteiger partial charge in [-0.1, -0.05) is 0 Å². The Bertz CT molecular complexity index is 514. The predicted octanol–water partition coefficient (Wildman–Crippen LogP) is -0.578. The molecule has 1 rings (SSSR count). The van der Waals surface area contributed by atoms with E-state index in [1.165, 1.54) is 21.0 Å². The van der Waals surface area contributed by atoms with E-state index >= 15 is 0 Å². The lowest BCUT2D eigenvalue weighted by Crippen LogP contribution is -2.39. The van der Waals surface area contributed by atoms with Crippen LogP contribution in [0.15, 0.2) is 15.7 Å². The van der Waals surface area contributed by atoms with Gasteiger partial charge in [0.2, 0.25) is 6.04 Å². The van der Waals surface area contributed by atoms with E-state index in [0.29, 0.717) is 0 Å². The molecule has 0 fully saturated rings. The van der Waals surface area contributed by atoms with Crippen LogP contribution in [-0.2, 0) is 14.1 Å². The molecular weight excluding hydrogens is 202 g/mol. The van der Waals surface area contributed by atoms with E-state index in [2.05, 4.69) is 0 Å². The van der Waals surface area contributed by atoms with Crippen molar-refractivity contribution in [2.75, 3.05) is 0 Å². The lowest BCUT2D eigenvalue weighted by Gasteiger charge is -2.09. The van der Waals surface area contributed by atoms with E-state index in [-0.39, 0.29) is 5.69 Å². The molecule has 1 heterocycles. The average molecular weight is 213 g/mol. The molecule has 0 aliphatic heterocycles. The van der Waals surface area contributed by atoms with Gasteiger partial charge in [0.25, 0.3) is 5.56 Å². The molecule has 82 valence electrons. The van der Waals surface area contributed by atoms with E-state index in [0.717, 1.165) is 15.2 Å². The average Bonchev–Trinajstić information content (AvgIpc) is 2.19. The number of nitro groups is 1. The summed E-state index contributed by atoms with van der Waals surface area (Å²) in [6.45, 7) is 1.33. The Balaban J connectivity index is 3.53. The molecule has 0 aliphatic rings. The highest BCUT2D eigenvalue weighted by molar-refractivity contribution is 5.04. The maximum atomic E-state index is 11.4. The second kappa shape index (κ2) is 3.68. The number of hydrogen-bond acceptors (Lipinski definition) is 4. The van der Waals surface area contributed by atoms with Crippen molar-refractivity contribution in [3.05, 3.63) is 42.7 Å². The van der Waals surface area contributed by atoms with Crippen LogP contribution in [0.25, 0.3) is 0 Å². The van der Waals surface area contributed by atoms with Crippen LogP contribution in [0.4, 0.5) is 0 Å². The molecule has 0 saturated heterocycles. The van der Waals surface area contributed by atoms with Crippen molar-refractivity contribution in [2.45, 2.75) is 13.0 Å². The Morgan fingerprint density at radius 2 is 1.87 bits per heavy atom. The molecule has 7 heteroatoms. The van der Waals surface area contributed by atoms with Crippen molar-refractivity contribution in [3.8, 4) is 0 Å². The van der Waals surface area contributed by atoms with E-state index in [1.54, 1.807) is 0 Å². The van der Waals surface area contributed by atoms with Crippen molar-refractivity contribution < 1.29 is 4.92 Å². The number of rotatable bonds is 2. The first-order valence-corrected chi connectivity index (χ1v) is 4.26. The molecular formula is C8H11N3O4. The lowest BCUT2D eigenvalue weighted by atomic mass is 10.2. The Morgan fingerprint density at radius 3 is 2.33 bits per heavy atom. The first kappa shape index (κ1) is 11.2. The summed E-state index contributed by atoms with van der Waals surface area (Å²) in [5, 5.41) is 10.5. The molecule has 7 nitrogen and oxygen atoms in total. The summed E-state index contributed by atoms with van der Waals surface area (Å²) < 4.78 is 2.00. The second-order valence-electron chi connectivity index (χ2n) is 3.27. The van der Waals surface area contributed by atoms with Crippen molar-refractivity contribution in [1.29, 1.82) is 0 Å². The Morgan fingerprint density at radius 1 is 1.33 bits per heavy atom. The molecule has 0 radical (unpaired) electrons. The van der Waals surface area contributed by atoms with Crippen LogP contribution in [0, 0.1) is 10.1 Å². The molecule has 0 bridgehead atoms. The topological polar surface area (TPSA) is 87.1 Å². The van der Waals surface area contributed by atoms with E-state index in [4.69, 9.17) is 0 Å². The number of nitrogens with zero attached hydrogens (tertiary/aromatic N) is 3. The molecule has 0 aliphatic carbocycles. The first-order chi connectivity index (χ1) is 6.86. The minimum Gasteiger partial charge on any atom is -0.294 e. The SMILES string of the molecule is CC(c1cc(=O)n(C)c(=O)n1C)[N+](=O)[O-]. The summed E-state index contributed by atoms with van der Waals surface area (Å²) in [6.07, 6.45) is 0.